The lowest BCUT2D eigenvalue weighted by Crippen LogP contribution is -2.19. The van der Waals surface area contributed by atoms with Gasteiger partial charge in [0.15, 0.2) is 5.82 Å². The number of H-pyrrole nitrogens is 1. The number of aryl methyl sites for hydroxylation is 1. The molecule has 17 heavy (non-hydrogen) atoms. The number of rotatable bonds is 2. The van der Waals surface area contributed by atoms with Crippen LogP contribution < -0.4 is 10.5 Å². The van der Waals surface area contributed by atoms with Crippen LogP contribution >= 0.6 is 22.6 Å². The average Bonchev–Trinajstić information content (AvgIpc) is 2.32. The predicted octanol–water partition coefficient (Wildman–Crippen LogP) is 2.45. The Morgan fingerprint density at radius 1 is 1.41 bits per heavy atom. The van der Waals surface area contributed by atoms with E-state index in [-0.39, 0.29) is 5.56 Å². The number of anilines is 2. The zero-order valence-corrected chi connectivity index (χ0v) is 11.7. The van der Waals surface area contributed by atoms with Crippen molar-refractivity contribution in [2.45, 2.75) is 6.92 Å². The molecule has 0 aliphatic carbocycles. The molecular formula is C12H12IN3O. The fourth-order valence-corrected chi connectivity index (χ4v) is 2.22. The summed E-state index contributed by atoms with van der Waals surface area (Å²) in [4.78, 5) is 20.2. The maximum Gasteiger partial charge on any atom is 0.266 e. The van der Waals surface area contributed by atoms with Gasteiger partial charge in [0.2, 0.25) is 0 Å². The highest BCUT2D eigenvalue weighted by Gasteiger charge is 2.11. The van der Waals surface area contributed by atoms with Crippen molar-refractivity contribution >= 4 is 34.1 Å². The van der Waals surface area contributed by atoms with Crippen LogP contribution in [0.15, 0.2) is 35.4 Å². The number of benzene rings is 1. The summed E-state index contributed by atoms with van der Waals surface area (Å²) in [6.07, 6.45) is 1.42. The van der Waals surface area contributed by atoms with Gasteiger partial charge in [-0.15, -0.1) is 0 Å². The molecule has 1 aromatic carbocycles. The van der Waals surface area contributed by atoms with Crippen molar-refractivity contribution in [3.05, 3.63) is 50.1 Å². The largest absolute Gasteiger partial charge is 0.328 e. The van der Waals surface area contributed by atoms with Crippen molar-refractivity contribution < 1.29 is 0 Å². The van der Waals surface area contributed by atoms with Crippen LogP contribution in [-0.2, 0) is 0 Å². The first-order valence-electron chi connectivity index (χ1n) is 5.13. The molecule has 2 aromatic rings. The number of halogens is 1. The van der Waals surface area contributed by atoms with E-state index in [1.165, 1.54) is 11.9 Å². The highest BCUT2D eigenvalue weighted by molar-refractivity contribution is 14.1. The lowest BCUT2D eigenvalue weighted by Gasteiger charge is -2.19. The van der Waals surface area contributed by atoms with Gasteiger partial charge in [-0.25, -0.2) is 4.98 Å². The van der Waals surface area contributed by atoms with Gasteiger partial charge < -0.3 is 9.88 Å². The van der Waals surface area contributed by atoms with Crippen molar-refractivity contribution in [1.29, 1.82) is 0 Å². The molecule has 2 rings (SSSR count). The molecule has 0 saturated carbocycles. The molecule has 0 bridgehead atoms. The summed E-state index contributed by atoms with van der Waals surface area (Å²) in [6, 6.07) is 8.07. The van der Waals surface area contributed by atoms with Crippen molar-refractivity contribution in [3.8, 4) is 0 Å². The highest BCUT2D eigenvalue weighted by Crippen LogP contribution is 2.24. The SMILES string of the molecule is Cc1cccc(N(C)c2nc[nH]c(=O)c2I)c1. The Balaban J connectivity index is 2.47. The number of nitrogens with zero attached hydrogens (tertiary/aromatic N) is 2. The molecule has 0 unspecified atom stereocenters. The van der Waals surface area contributed by atoms with Gasteiger partial charge in [0, 0.05) is 12.7 Å². The zero-order chi connectivity index (χ0) is 12.4. The second kappa shape index (κ2) is 4.87. The van der Waals surface area contributed by atoms with E-state index in [1.54, 1.807) is 0 Å². The second-order valence-corrected chi connectivity index (χ2v) is 4.85. The average molecular weight is 341 g/mol. The minimum Gasteiger partial charge on any atom is -0.328 e. The van der Waals surface area contributed by atoms with Gasteiger partial charge in [-0.2, -0.15) is 0 Å². The fraction of sp³-hybridized carbons (Fsp3) is 0.167. The molecule has 1 aromatic heterocycles. The third-order valence-electron chi connectivity index (χ3n) is 2.48. The summed E-state index contributed by atoms with van der Waals surface area (Å²) in [7, 11) is 1.90. The van der Waals surface area contributed by atoms with E-state index in [1.807, 2.05) is 59.7 Å². The molecule has 0 spiro atoms. The molecule has 0 atom stereocenters. The normalized spacial score (nSPS) is 10.3. The summed E-state index contributed by atoms with van der Waals surface area (Å²) in [6.45, 7) is 2.04. The molecule has 0 fully saturated rings. The van der Waals surface area contributed by atoms with Gasteiger partial charge in [0.1, 0.15) is 3.57 Å². The number of aromatic amines is 1. The number of hydrogen-bond acceptors (Lipinski definition) is 3. The zero-order valence-electron chi connectivity index (χ0n) is 9.57. The number of aromatic nitrogens is 2. The summed E-state index contributed by atoms with van der Waals surface area (Å²) in [5.74, 6) is 0.667. The summed E-state index contributed by atoms with van der Waals surface area (Å²) in [5, 5.41) is 0. The lowest BCUT2D eigenvalue weighted by atomic mass is 10.2. The van der Waals surface area contributed by atoms with Crippen molar-refractivity contribution in [3.63, 3.8) is 0 Å². The standard InChI is InChI=1S/C12H12IN3O/c1-8-4-3-5-9(6-8)16(2)11-10(13)12(17)15-7-14-11/h3-7H,1-2H3,(H,14,15,17). The van der Waals surface area contributed by atoms with Gasteiger partial charge in [0.25, 0.3) is 5.56 Å². The molecule has 0 amide bonds. The van der Waals surface area contributed by atoms with Crippen LogP contribution in [0.3, 0.4) is 0 Å². The highest BCUT2D eigenvalue weighted by atomic mass is 127. The quantitative estimate of drug-likeness (QED) is 0.854. The minimum atomic E-state index is -0.116. The Morgan fingerprint density at radius 3 is 2.88 bits per heavy atom. The van der Waals surface area contributed by atoms with Crippen LogP contribution in [-0.4, -0.2) is 17.0 Å². The summed E-state index contributed by atoms with van der Waals surface area (Å²) < 4.78 is 0.592. The first-order valence-corrected chi connectivity index (χ1v) is 6.21. The van der Waals surface area contributed by atoms with Gasteiger partial charge in [-0.3, -0.25) is 4.79 Å². The van der Waals surface area contributed by atoms with Gasteiger partial charge in [-0.1, -0.05) is 12.1 Å². The Bertz CT molecular complexity index is 594. The number of hydrogen-bond donors (Lipinski definition) is 1. The van der Waals surface area contributed by atoms with Crippen molar-refractivity contribution in [2.75, 3.05) is 11.9 Å². The summed E-state index contributed by atoms with van der Waals surface area (Å²) >= 11 is 2.01. The van der Waals surface area contributed by atoms with E-state index in [2.05, 4.69) is 16.0 Å². The third-order valence-corrected chi connectivity index (χ3v) is 3.46. The van der Waals surface area contributed by atoms with E-state index in [9.17, 15) is 4.79 Å². The molecule has 1 heterocycles. The van der Waals surface area contributed by atoms with Crippen LogP contribution in [0.2, 0.25) is 0 Å². The smallest absolute Gasteiger partial charge is 0.266 e. The Kier molecular flexibility index (Phi) is 3.46. The van der Waals surface area contributed by atoms with Crippen LogP contribution in [0.4, 0.5) is 11.5 Å². The van der Waals surface area contributed by atoms with Gasteiger partial charge >= 0.3 is 0 Å². The monoisotopic (exact) mass is 341 g/mol. The van der Waals surface area contributed by atoms with E-state index in [4.69, 9.17) is 0 Å². The maximum absolute atomic E-state index is 11.5. The second-order valence-electron chi connectivity index (χ2n) is 3.77. The van der Waals surface area contributed by atoms with E-state index in [0.717, 1.165) is 5.69 Å². The lowest BCUT2D eigenvalue weighted by molar-refractivity contribution is 1.04. The fourth-order valence-electron chi connectivity index (χ4n) is 1.57. The molecule has 5 heteroatoms. The van der Waals surface area contributed by atoms with Crippen LogP contribution in [0, 0.1) is 10.5 Å². The van der Waals surface area contributed by atoms with Gasteiger partial charge in [-0.05, 0) is 47.2 Å². The van der Waals surface area contributed by atoms with Crippen LogP contribution in [0.1, 0.15) is 5.56 Å². The molecule has 0 aliphatic rings. The molecule has 1 N–H and O–H groups in total. The van der Waals surface area contributed by atoms with Crippen molar-refractivity contribution in [2.24, 2.45) is 0 Å². The Morgan fingerprint density at radius 2 is 2.18 bits per heavy atom. The molecule has 4 nitrogen and oxygen atoms in total. The Labute approximate surface area is 113 Å². The molecule has 88 valence electrons. The summed E-state index contributed by atoms with van der Waals surface area (Å²) in [5.41, 5.74) is 2.07. The maximum atomic E-state index is 11.5. The predicted molar refractivity (Wildman–Crippen MR) is 76.8 cm³/mol. The molecular weight excluding hydrogens is 329 g/mol. The first-order chi connectivity index (χ1) is 8.09. The minimum absolute atomic E-state index is 0.116. The van der Waals surface area contributed by atoms with E-state index in [0.29, 0.717) is 9.39 Å². The third kappa shape index (κ3) is 2.49. The van der Waals surface area contributed by atoms with Crippen LogP contribution in [0.25, 0.3) is 0 Å². The van der Waals surface area contributed by atoms with Crippen molar-refractivity contribution in [1.82, 2.24) is 9.97 Å². The Hall–Kier alpha value is -1.37. The van der Waals surface area contributed by atoms with E-state index >= 15 is 0 Å². The molecule has 0 saturated heterocycles. The molecule has 0 aliphatic heterocycles. The first kappa shape index (κ1) is 12.1. The molecule has 0 radical (unpaired) electrons. The topological polar surface area (TPSA) is 49.0 Å². The van der Waals surface area contributed by atoms with Gasteiger partial charge in [0.05, 0.1) is 6.33 Å². The van der Waals surface area contributed by atoms with Crippen LogP contribution in [0.5, 0.6) is 0 Å². The van der Waals surface area contributed by atoms with E-state index < -0.39 is 0 Å². The number of nitrogens with one attached hydrogen (secondary N) is 1.